The van der Waals surface area contributed by atoms with E-state index in [1.165, 1.54) is 0 Å². The van der Waals surface area contributed by atoms with E-state index in [0.29, 0.717) is 30.0 Å². The highest BCUT2D eigenvalue weighted by Crippen LogP contribution is 2.53. The van der Waals surface area contributed by atoms with Gasteiger partial charge < -0.3 is 4.74 Å². The topological polar surface area (TPSA) is 21.6 Å². The van der Waals surface area contributed by atoms with Gasteiger partial charge in [-0.2, -0.15) is 13.2 Å². The third kappa shape index (κ3) is 2.71. The molecule has 1 spiro atoms. The Labute approximate surface area is 144 Å². The highest BCUT2D eigenvalue weighted by Gasteiger charge is 2.59. The normalized spacial score (nSPS) is 25.9. The SMILES string of the molecule is FC(F)(F)[C@H]1CCc2ccccc2[C@]12CCN=C(c1ccccc1)O2. The third-order valence-corrected chi connectivity index (χ3v) is 5.17. The summed E-state index contributed by atoms with van der Waals surface area (Å²) in [6, 6.07) is 16.5. The molecule has 1 heterocycles. The van der Waals surface area contributed by atoms with Gasteiger partial charge in [-0.05, 0) is 36.1 Å². The zero-order valence-corrected chi connectivity index (χ0v) is 13.6. The van der Waals surface area contributed by atoms with Gasteiger partial charge in [0.15, 0.2) is 0 Å². The number of hydrogen-bond acceptors (Lipinski definition) is 2. The molecule has 2 atom stereocenters. The molecule has 4 rings (SSSR count). The first kappa shape index (κ1) is 16.2. The monoisotopic (exact) mass is 345 g/mol. The van der Waals surface area contributed by atoms with Crippen LogP contribution in [-0.4, -0.2) is 18.6 Å². The van der Waals surface area contributed by atoms with E-state index < -0.39 is 17.7 Å². The van der Waals surface area contributed by atoms with Crippen molar-refractivity contribution in [1.29, 1.82) is 0 Å². The largest absolute Gasteiger partial charge is 0.465 e. The van der Waals surface area contributed by atoms with E-state index in [1.54, 1.807) is 12.1 Å². The van der Waals surface area contributed by atoms with E-state index in [1.807, 2.05) is 42.5 Å². The highest BCUT2D eigenvalue weighted by molar-refractivity contribution is 5.94. The Kier molecular flexibility index (Phi) is 3.82. The van der Waals surface area contributed by atoms with Gasteiger partial charge in [0.1, 0.15) is 5.60 Å². The van der Waals surface area contributed by atoms with Gasteiger partial charge in [0.2, 0.25) is 5.90 Å². The van der Waals surface area contributed by atoms with Gasteiger partial charge in [-0.1, -0.05) is 42.5 Å². The molecule has 0 amide bonds. The number of alkyl halides is 3. The molecule has 2 aromatic carbocycles. The second-order valence-corrected chi connectivity index (χ2v) is 6.58. The Morgan fingerprint density at radius 3 is 2.48 bits per heavy atom. The zero-order valence-electron chi connectivity index (χ0n) is 13.6. The number of benzene rings is 2. The third-order valence-electron chi connectivity index (χ3n) is 5.17. The predicted octanol–water partition coefficient (Wildman–Crippen LogP) is 4.87. The molecule has 0 bridgehead atoms. The van der Waals surface area contributed by atoms with E-state index in [2.05, 4.69) is 4.99 Å². The quantitative estimate of drug-likeness (QED) is 0.722. The van der Waals surface area contributed by atoms with Gasteiger partial charge in [0, 0.05) is 18.5 Å². The molecule has 0 aromatic heterocycles. The van der Waals surface area contributed by atoms with E-state index in [9.17, 15) is 13.2 Å². The van der Waals surface area contributed by atoms with Gasteiger partial charge in [-0.15, -0.1) is 0 Å². The molecule has 5 heteroatoms. The van der Waals surface area contributed by atoms with Crippen LogP contribution in [0, 0.1) is 5.92 Å². The summed E-state index contributed by atoms with van der Waals surface area (Å²) in [7, 11) is 0. The van der Waals surface area contributed by atoms with Crippen molar-refractivity contribution in [2.24, 2.45) is 10.9 Å². The van der Waals surface area contributed by atoms with Crippen LogP contribution in [0.25, 0.3) is 0 Å². The first-order valence-corrected chi connectivity index (χ1v) is 8.45. The fraction of sp³-hybridized carbons (Fsp3) is 0.350. The minimum Gasteiger partial charge on any atom is -0.465 e. The van der Waals surface area contributed by atoms with Gasteiger partial charge in [0.05, 0.1) is 5.92 Å². The summed E-state index contributed by atoms with van der Waals surface area (Å²) in [4.78, 5) is 4.37. The smallest absolute Gasteiger partial charge is 0.395 e. The summed E-state index contributed by atoms with van der Waals surface area (Å²) < 4.78 is 47.7. The van der Waals surface area contributed by atoms with Crippen molar-refractivity contribution in [3.8, 4) is 0 Å². The zero-order chi connectivity index (χ0) is 17.5. The molecule has 2 aliphatic rings. The average molecular weight is 345 g/mol. The fourth-order valence-electron chi connectivity index (χ4n) is 4.05. The van der Waals surface area contributed by atoms with Crippen LogP contribution in [-0.2, 0) is 16.8 Å². The molecule has 0 radical (unpaired) electrons. The number of nitrogens with zero attached hydrogens (tertiary/aromatic N) is 1. The second-order valence-electron chi connectivity index (χ2n) is 6.58. The Morgan fingerprint density at radius 1 is 1.00 bits per heavy atom. The molecule has 0 unspecified atom stereocenters. The summed E-state index contributed by atoms with van der Waals surface area (Å²) in [6.07, 6.45) is -3.61. The summed E-state index contributed by atoms with van der Waals surface area (Å²) >= 11 is 0. The van der Waals surface area contributed by atoms with Crippen molar-refractivity contribution < 1.29 is 17.9 Å². The maximum absolute atomic E-state index is 13.9. The number of rotatable bonds is 1. The fourth-order valence-corrected chi connectivity index (χ4v) is 4.05. The standard InChI is InChI=1S/C20H18F3NO/c21-20(22,23)17-11-10-14-6-4-5-9-16(14)19(17)12-13-24-18(25-19)15-7-2-1-3-8-15/h1-9,17H,10-13H2/t17-,19+/m0/s1. The molecular formula is C20H18F3NO. The number of ether oxygens (including phenoxy) is 1. The number of halogens is 3. The van der Waals surface area contributed by atoms with Crippen LogP contribution in [0.1, 0.15) is 29.5 Å². The van der Waals surface area contributed by atoms with Crippen molar-refractivity contribution in [2.45, 2.75) is 31.0 Å². The first-order chi connectivity index (χ1) is 12.0. The molecule has 2 nitrogen and oxygen atoms in total. The molecule has 0 N–H and O–H groups in total. The lowest BCUT2D eigenvalue weighted by atomic mass is 9.69. The van der Waals surface area contributed by atoms with E-state index in [0.717, 1.165) is 5.56 Å². The number of aryl methyl sites for hydroxylation is 1. The Morgan fingerprint density at radius 2 is 1.72 bits per heavy atom. The molecule has 0 saturated carbocycles. The van der Waals surface area contributed by atoms with Crippen molar-refractivity contribution in [3.05, 3.63) is 71.3 Å². The Hall–Kier alpha value is -2.30. The molecule has 130 valence electrons. The highest BCUT2D eigenvalue weighted by atomic mass is 19.4. The molecule has 25 heavy (non-hydrogen) atoms. The molecular weight excluding hydrogens is 327 g/mol. The Balaban J connectivity index is 1.83. The minimum atomic E-state index is -4.31. The molecule has 1 aliphatic carbocycles. The van der Waals surface area contributed by atoms with Crippen molar-refractivity contribution in [1.82, 2.24) is 0 Å². The van der Waals surface area contributed by atoms with Crippen LogP contribution in [0.15, 0.2) is 59.6 Å². The van der Waals surface area contributed by atoms with Gasteiger partial charge in [0.25, 0.3) is 0 Å². The minimum absolute atomic E-state index is 0.0442. The molecule has 0 saturated heterocycles. The van der Waals surface area contributed by atoms with Crippen LogP contribution >= 0.6 is 0 Å². The lowest BCUT2D eigenvalue weighted by molar-refractivity contribution is -0.234. The maximum atomic E-state index is 13.9. The van der Waals surface area contributed by atoms with E-state index in [4.69, 9.17) is 4.74 Å². The van der Waals surface area contributed by atoms with Crippen LogP contribution in [0.4, 0.5) is 13.2 Å². The van der Waals surface area contributed by atoms with E-state index in [-0.39, 0.29) is 12.8 Å². The molecule has 0 fully saturated rings. The molecule has 1 aliphatic heterocycles. The maximum Gasteiger partial charge on any atom is 0.395 e. The average Bonchev–Trinajstić information content (AvgIpc) is 2.62. The summed E-state index contributed by atoms with van der Waals surface area (Å²) in [5, 5.41) is 0. The van der Waals surface area contributed by atoms with Crippen LogP contribution in [0.3, 0.4) is 0 Å². The predicted molar refractivity (Wildman–Crippen MR) is 89.5 cm³/mol. The van der Waals surface area contributed by atoms with Gasteiger partial charge >= 0.3 is 6.18 Å². The van der Waals surface area contributed by atoms with Crippen molar-refractivity contribution in [2.75, 3.05) is 6.54 Å². The van der Waals surface area contributed by atoms with Crippen LogP contribution in [0.5, 0.6) is 0 Å². The van der Waals surface area contributed by atoms with Gasteiger partial charge in [-0.25, -0.2) is 0 Å². The summed E-state index contributed by atoms with van der Waals surface area (Å²) in [5.74, 6) is -1.22. The number of hydrogen-bond donors (Lipinski definition) is 0. The van der Waals surface area contributed by atoms with E-state index >= 15 is 0 Å². The molecule has 2 aromatic rings. The van der Waals surface area contributed by atoms with Crippen molar-refractivity contribution in [3.63, 3.8) is 0 Å². The van der Waals surface area contributed by atoms with Gasteiger partial charge in [-0.3, -0.25) is 4.99 Å². The lowest BCUT2D eigenvalue weighted by Gasteiger charge is -2.47. The number of aliphatic imine (C=N–C) groups is 1. The van der Waals surface area contributed by atoms with Crippen LogP contribution < -0.4 is 0 Å². The number of fused-ring (bicyclic) bond motifs is 2. The summed E-state index contributed by atoms with van der Waals surface area (Å²) in [5.41, 5.74) is 0.926. The van der Waals surface area contributed by atoms with Crippen molar-refractivity contribution >= 4 is 5.90 Å². The second kappa shape index (κ2) is 5.90. The summed E-state index contributed by atoms with van der Waals surface area (Å²) in [6.45, 7) is 0.325. The lowest BCUT2D eigenvalue weighted by Crippen LogP contribution is -2.51. The van der Waals surface area contributed by atoms with Crippen LogP contribution in [0.2, 0.25) is 0 Å². The Bertz CT molecular complexity index is 800. The first-order valence-electron chi connectivity index (χ1n) is 8.45.